The van der Waals surface area contributed by atoms with Crippen molar-refractivity contribution in [2.45, 2.75) is 15.2 Å². The molecule has 0 N–H and O–H groups in total. The van der Waals surface area contributed by atoms with E-state index >= 15 is 0 Å². The van der Waals surface area contributed by atoms with Crippen molar-refractivity contribution in [3.8, 4) is 56.3 Å². The van der Waals surface area contributed by atoms with Gasteiger partial charge in [0.1, 0.15) is 0 Å². The highest BCUT2D eigenvalue weighted by molar-refractivity contribution is 7.99. The van der Waals surface area contributed by atoms with Gasteiger partial charge in [0.25, 0.3) is 0 Å². The lowest BCUT2D eigenvalue weighted by molar-refractivity contribution is 0.723. The van der Waals surface area contributed by atoms with Crippen LogP contribution in [0.2, 0.25) is 0 Å². The van der Waals surface area contributed by atoms with Crippen LogP contribution >= 0.6 is 11.8 Å². The van der Waals surface area contributed by atoms with Gasteiger partial charge in [0.2, 0.25) is 0 Å². The third kappa shape index (κ3) is 4.92. The summed E-state index contributed by atoms with van der Waals surface area (Å²) < 4.78 is 0. The van der Waals surface area contributed by atoms with E-state index in [-0.39, 0.29) is 0 Å². The van der Waals surface area contributed by atoms with Crippen LogP contribution in [-0.2, 0) is 5.41 Å². The number of benzene rings is 8. The summed E-state index contributed by atoms with van der Waals surface area (Å²) in [6.45, 7) is 0. The first-order chi connectivity index (χ1) is 28.7. The van der Waals surface area contributed by atoms with Crippen molar-refractivity contribution in [1.29, 1.82) is 0 Å². The van der Waals surface area contributed by atoms with Crippen LogP contribution in [0, 0.1) is 0 Å². The molecule has 0 amide bonds. The van der Waals surface area contributed by atoms with Crippen molar-refractivity contribution in [1.82, 2.24) is 15.0 Å². The van der Waals surface area contributed by atoms with E-state index in [1.54, 1.807) is 0 Å². The molecule has 2 aliphatic rings. The minimum Gasteiger partial charge on any atom is -0.247 e. The molecular weight excluding hydrogens is 723 g/mol. The van der Waals surface area contributed by atoms with E-state index in [0.717, 1.165) is 55.6 Å². The Kier molecular flexibility index (Phi) is 7.38. The molecule has 0 bridgehead atoms. The highest BCUT2D eigenvalue weighted by atomic mass is 32.2. The summed E-state index contributed by atoms with van der Waals surface area (Å²) in [5, 5.41) is 3.50. The zero-order valence-corrected chi connectivity index (χ0v) is 32.1. The molecule has 8 aromatic carbocycles. The Morgan fingerprint density at radius 1 is 0.345 bits per heavy atom. The Morgan fingerprint density at radius 2 is 0.897 bits per heavy atom. The van der Waals surface area contributed by atoms with Gasteiger partial charge in [0.05, 0.1) is 28.0 Å². The lowest BCUT2D eigenvalue weighted by Gasteiger charge is -2.39. The van der Waals surface area contributed by atoms with E-state index in [9.17, 15) is 0 Å². The maximum Gasteiger partial charge on any atom is 0.160 e. The second kappa shape index (κ2) is 13.0. The predicted molar refractivity (Wildman–Crippen MR) is 238 cm³/mol. The highest BCUT2D eigenvalue weighted by Crippen LogP contribution is 2.62. The van der Waals surface area contributed by atoms with Gasteiger partial charge >= 0.3 is 0 Å². The Hall–Kier alpha value is -7.14. The number of aromatic nitrogens is 3. The SMILES string of the molecule is c1ccc(-c2cc(-c3ccc(-c4nc5ccccc5c5cc6c(cc45)-c4ccccc4C64c5ccccc5Sc5ccccc54)cc3)nc(-c3ccccc3)n2)cc1. The molecule has 0 atom stereocenters. The molecule has 0 saturated carbocycles. The fraction of sp³-hybridized carbons (Fsp3) is 0.0185. The van der Waals surface area contributed by atoms with Crippen LogP contribution in [0.15, 0.2) is 210 Å². The van der Waals surface area contributed by atoms with Crippen molar-refractivity contribution in [3.05, 3.63) is 222 Å². The van der Waals surface area contributed by atoms with Crippen LogP contribution in [0.4, 0.5) is 0 Å². The van der Waals surface area contributed by atoms with Gasteiger partial charge in [0, 0.05) is 42.8 Å². The first kappa shape index (κ1) is 33.0. The maximum atomic E-state index is 5.41. The van der Waals surface area contributed by atoms with Crippen molar-refractivity contribution in [3.63, 3.8) is 0 Å². The lowest BCUT2D eigenvalue weighted by Crippen LogP contribution is -2.31. The standard InChI is InChI=1S/C54H33N3S/c1-3-15-34(16-4-1)48-33-49(57-53(56-48)37-17-5-2-6-18-37)35-27-29-36(30-28-35)52-42-31-41-38-19-7-9-21-43(38)54(46(41)32-40(42)39-20-8-12-24-47(39)55-52)44-22-10-13-25-50(44)58-51-26-14-11-23-45(51)54/h1-33H. The molecule has 2 aromatic heterocycles. The normalized spacial score (nSPS) is 13.2. The van der Waals surface area contributed by atoms with Crippen LogP contribution in [0.25, 0.3) is 78.0 Å². The van der Waals surface area contributed by atoms with Crippen LogP contribution in [-0.4, -0.2) is 15.0 Å². The molecule has 58 heavy (non-hydrogen) atoms. The van der Waals surface area contributed by atoms with Crippen molar-refractivity contribution >= 4 is 33.4 Å². The van der Waals surface area contributed by atoms with E-state index in [1.165, 1.54) is 48.6 Å². The average Bonchev–Trinajstić information content (AvgIpc) is 3.58. The summed E-state index contributed by atoms with van der Waals surface area (Å²) in [5.74, 6) is 0.705. The number of nitrogens with zero attached hydrogens (tertiary/aromatic N) is 3. The van der Waals surface area contributed by atoms with Gasteiger partial charge in [-0.2, -0.15) is 0 Å². The van der Waals surface area contributed by atoms with Crippen LogP contribution in [0.3, 0.4) is 0 Å². The molecule has 1 spiro atoms. The lowest BCUT2D eigenvalue weighted by atomic mass is 9.67. The Morgan fingerprint density at radius 3 is 1.60 bits per heavy atom. The number of pyridine rings is 1. The zero-order valence-electron chi connectivity index (χ0n) is 31.3. The van der Waals surface area contributed by atoms with E-state index < -0.39 is 5.41 Å². The minimum atomic E-state index is -0.445. The van der Waals surface area contributed by atoms with Gasteiger partial charge in [-0.05, 0) is 75.2 Å². The quantitative estimate of drug-likeness (QED) is 0.168. The van der Waals surface area contributed by atoms with Gasteiger partial charge in [-0.25, -0.2) is 15.0 Å². The fourth-order valence-corrected chi connectivity index (χ4v) is 10.6. The number of rotatable bonds is 4. The van der Waals surface area contributed by atoms with Crippen LogP contribution < -0.4 is 0 Å². The van der Waals surface area contributed by atoms with E-state index in [2.05, 4.69) is 176 Å². The fourth-order valence-electron chi connectivity index (χ4n) is 9.38. The van der Waals surface area contributed by atoms with Gasteiger partial charge in [-0.1, -0.05) is 176 Å². The summed E-state index contributed by atoms with van der Waals surface area (Å²) in [7, 11) is 0. The molecule has 0 fully saturated rings. The number of hydrogen-bond acceptors (Lipinski definition) is 4. The minimum absolute atomic E-state index is 0.445. The highest BCUT2D eigenvalue weighted by Gasteiger charge is 2.50. The van der Waals surface area contributed by atoms with Crippen molar-refractivity contribution in [2.24, 2.45) is 0 Å². The van der Waals surface area contributed by atoms with E-state index in [0.29, 0.717) is 5.82 Å². The third-order valence-electron chi connectivity index (χ3n) is 11.9. The summed E-state index contributed by atoms with van der Waals surface area (Å²) in [4.78, 5) is 18.1. The Bertz CT molecular complexity index is 3150. The van der Waals surface area contributed by atoms with Crippen LogP contribution in [0.1, 0.15) is 22.3 Å². The number of para-hydroxylation sites is 1. The topological polar surface area (TPSA) is 38.7 Å². The second-order valence-electron chi connectivity index (χ2n) is 15.1. The molecule has 1 aliphatic carbocycles. The van der Waals surface area contributed by atoms with E-state index in [1.807, 2.05) is 36.0 Å². The average molecular weight is 756 g/mol. The third-order valence-corrected chi connectivity index (χ3v) is 13.1. The van der Waals surface area contributed by atoms with E-state index in [4.69, 9.17) is 15.0 Å². The monoisotopic (exact) mass is 755 g/mol. The van der Waals surface area contributed by atoms with Gasteiger partial charge in [-0.15, -0.1) is 0 Å². The molecule has 10 aromatic rings. The first-order valence-corrected chi connectivity index (χ1v) is 20.5. The molecule has 0 unspecified atom stereocenters. The molecule has 270 valence electrons. The largest absolute Gasteiger partial charge is 0.247 e. The van der Waals surface area contributed by atoms with Crippen molar-refractivity contribution in [2.75, 3.05) is 0 Å². The number of fused-ring (bicyclic) bond motifs is 12. The van der Waals surface area contributed by atoms with Gasteiger partial charge in [0.15, 0.2) is 5.82 Å². The Labute approximate surface area is 340 Å². The van der Waals surface area contributed by atoms with Crippen LogP contribution in [0.5, 0.6) is 0 Å². The maximum absolute atomic E-state index is 5.41. The van der Waals surface area contributed by atoms with Gasteiger partial charge < -0.3 is 0 Å². The summed E-state index contributed by atoms with van der Waals surface area (Å²) in [5.41, 5.74) is 15.3. The summed E-state index contributed by atoms with van der Waals surface area (Å²) in [6.07, 6.45) is 0. The molecule has 12 rings (SSSR count). The molecule has 0 saturated heterocycles. The Balaban J connectivity index is 1.07. The molecular formula is C54H33N3S. The molecule has 3 heterocycles. The molecule has 3 nitrogen and oxygen atoms in total. The first-order valence-electron chi connectivity index (χ1n) is 19.7. The second-order valence-corrected chi connectivity index (χ2v) is 16.2. The predicted octanol–water partition coefficient (Wildman–Crippen LogP) is 13.7. The zero-order chi connectivity index (χ0) is 38.2. The van der Waals surface area contributed by atoms with Crippen molar-refractivity contribution < 1.29 is 0 Å². The molecule has 1 aliphatic heterocycles. The summed E-state index contributed by atoms with van der Waals surface area (Å²) in [6, 6.07) is 71.9. The summed E-state index contributed by atoms with van der Waals surface area (Å²) >= 11 is 1.88. The molecule has 0 radical (unpaired) electrons. The smallest absolute Gasteiger partial charge is 0.160 e. The number of hydrogen-bond donors (Lipinski definition) is 0. The molecule has 4 heteroatoms. The van der Waals surface area contributed by atoms with Gasteiger partial charge in [-0.3, -0.25) is 0 Å².